The lowest BCUT2D eigenvalue weighted by molar-refractivity contribution is -0.157. The van der Waals surface area contributed by atoms with Gasteiger partial charge in [0.2, 0.25) is 0 Å². The monoisotopic (exact) mass is 226 g/mol. The van der Waals surface area contributed by atoms with Gasteiger partial charge in [0, 0.05) is 12.3 Å². The Kier molecular flexibility index (Phi) is 3.83. The second kappa shape index (κ2) is 4.76. The Morgan fingerprint density at radius 2 is 2.12 bits per heavy atom. The SMILES string of the molecule is COC(=O)[C@]1(CCC(C)=O)CC[C@H](C)C1=O. The van der Waals surface area contributed by atoms with Crippen molar-refractivity contribution in [1.82, 2.24) is 0 Å². The molecule has 0 aromatic carbocycles. The van der Waals surface area contributed by atoms with Crippen molar-refractivity contribution in [2.24, 2.45) is 11.3 Å². The first-order valence-corrected chi connectivity index (χ1v) is 5.56. The number of rotatable bonds is 4. The van der Waals surface area contributed by atoms with Gasteiger partial charge in [-0.05, 0) is 26.2 Å². The molecule has 0 bridgehead atoms. The number of hydrogen-bond acceptors (Lipinski definition) is 4. The van der Waals surface area contributed by atoms with Gasteiger partial charge >= 0.3 is 5.97 Å². The highest BCUT2D eigenvalue weighted by molar-refractivity contribution is 6.06. The van der Waals surface area contributed by atoms with Gasteiger partial charge in [-0.25, -0.2) is 0 Å². The maximum atomic E-state index is 12.0. The molecule has 0 aromatic rings. The summed E-state index contributed by atoms with van der Waals surface area (Å²) >= 11 is 0. The molecule has 4 nitrogen and oxygen atoms in total. The highest BCUT2D eigenvalue weighted by atomic mass is 16.5. The first-order valence-electron chi connectivity index (χ1n) is 5.56. The van der Waals surface area contributed by atoms with Crippen molar-refractivity contribution >= 4 is 17.5 Å². The summed E-state index contributed by atoms with van der Waals surface area (Å²) in [6.07, 6.45) is 1.75. The molecule has 0 N–H and O–H groups in total. The molecule has 1 aliphatic carbocycles. The molecule has 1 rings (SSSR count). The fourth-order valence-corrected chi connectivity index (χ4v) is 2.33. The van der Waals surface area contributed by atoms with Crippen LogP contribution in [0.15, 0.2) is 0 Å². The second-order valence-corrected chi connectivity index (χ2v) is 4.58. The van der Waals surface area contributed by atoms with E-state index in [1.165, 1.54) is 14.0 Å². The van der Waals surface area contributed by atoms with Crippen LogP contribution in [-0.2, 0) is 19.1 Å². The van der Waals surface area contributed by atoms with E-state index in [1.54, 1.807) is 0 Å². The minimum Gasteiger partial charge on any atom is -0.468 e. The van der Waals surface area contributed by atoms with Crippen LogP contribution in [0.5, 0.6) is 0 Å². The van der Waals surface area contributed by atoms with E-state index in [2.05, 4.69) is 0 Å². The van der Waals surface area contributed by atoms with E-state index in [0.717, 1.165) is 0 Å². The molecular formula is C12H18O4. The highest BCUT2D eigenvalue weighted by Crippen LogP contribution is 2.42. The summed E-state index contributed by atoms with van der Waals surface area (Å²) in [6.45, 7) is 3.29. The molecule has 90 valence electrons. The van der Waals surface area contributed by atoms with Gasteiger partial charge < -0.3 is 9.53 Å². The van der Waals surface area contributed by atoms with Gasteiger partial charge in [-0.2, -0.15) is 0 Å². The first-order chi connectivity index (χ1) is 7.44. The number of carbonyl (C=O) groups excluding carboxylic acids is 3. The predicted octanol–water partition coefficient (Wildman–Crippen LogP) is 1.51. The summed E-state index contributed by atoms with van der Waals surface area (Å²) in [6, 6.07) is 0. The van der Waals surface area contributed by atoms with Crippen molar-refractivity contribution in [2.75, 3.05) is 7.11 Å². The van der Waals surface area contributed by atoms with Crippen molar-refractivity contribution in [3.63, 3.8) is 0 Å². The van der Waals surface area contributed by atoms with Crippen molar-refractivity contribution in [1.29, 1.82) is 0 Å². The number of esters is 1. The number of carbonyl (C=O) groups is 3. The lowest BCUT2D eigenvalue weighted by atomic mass is 9.79. The van der Waals surface area contributed by atoms with Gasteiger partial charge in [-0.15, -0.1) is 0 Å². The number of Topliss-reactive ketones (excluding diaryl/α,β-unsaturated/α-hetero) is 2. The molecule has 1 aliphatic rings. The third kappa shape index (κ3) is 2.15. The average Bonchev–Trinajstić information content (AvgIpc) is 2.54. The number of ether oxygens (including phenoxy) is 1. The Bertz CT molecular complexity index is 321. The molecule has 0 saturated heterocycles. The summed E-state index contributed by atoms with van der Waals surface area (Å²) in [5.74, 6) is -0.662. The number of methoxy groups -OCH3 is 1. The molecule has 0 unspecified atom stereocenters. The molecule has 0 amide bonds. The zero-order chi connectivity index (χ0) is 12.3. The molecule has 1 saturated carbocycles. The Hall–Kier alpha value is -1.19. The molecule has 0 aromatic heterocycles. The minimum atomic E-state index is -1.06. The normalized spacial score (nSPS) is 29.2. The maximum Gasteiger partial charge on any atom is 0.319 e. The largest absolute Gasteiger partial charge is 0.468 e. The summed E-state index contributed by atoms with van der Waals surface area (Å²) in [4.78, 5) is 34.8. The van der Waals surface area contributed by atoms with Crippen molar-refractivity contribution in [3.05, 3.63) is 0 Å². The van der Waals surface area contributed by atoms with Crippen LogP contribution < -0.4 is 0 Å². The molecule has 0 heterocycles. The predicted molar refractivity (Wildman–Crippen MR) is 57.8 cm³/mol. The van der Waals surface area contributed by atoms with Crippen LogP contribution in [0, 0.1) is 11.3 Å². The molecule has 2 atom stereocenters. The standard InChI is InChI=1S/C12H18O4/c1-8-4-6-12(10(8)14,11(15)16-3)7-5-9(2)13/h8H,4-7H2,1-3H3/t8-,12-/m0/s1. The number of ketones is 2. The van der Waals surface area contributed by atoms with E-state index >= 15 is 0 Å². The van der Waals surface area contributed by atoms with Crippen molar-refractivity contribution in [2.45, 2.75) is 39.5 Å². The van der Waals surface area contributed by atoms with Crippen LogP contribution in [0.25, 0.3) is 0 Å². The summed E-state index contributed by atoms with van der Waals surface area (Å²) in [5, 5.41) is 0. The van der Waals surface area contributed by atoms with Gasteiger partial charge in [0.05, 0.1) is 7.11 Å². The minimum absolute atomic E-state index is 0.00405. The molecule has 0 radical (unpaired) electrons. The van der Waals surface area contributed by atoms with Crippen LogP contribution in [0.4, 0.5) is 0 Å². The zero-order valence-electron chi connectivity index (χ0n) is 10.0. The number of hydrogen-bond donors (Lipinski definition) is 0. The summed E-state index contributed by atoms with van der Waals surface area (Å²) in [5.41, 5.74) is -1.06. The van der Waals surface area contributed by atoms with Crippen molar-refractivity contribution < 1.29 is 19.1 Å². The first kappa shape index (κ1) is 12.9. The van der Waals surface area contributed by atoms with Crippen LogP contribution >= 0.6 is 0 Å². The Morgan fingerprint density at radius 1 is 1.50 bits per heavy atom. The van der Waals surface area contributed by atoms with Crippen molar-refractivity contribution in [3.8, 4) is 0 Å². The lowest BCUT2D eigenvalue weighted by Crippen LogP contribution is -2.38. The molecule has 4 heteroatoms. The van der Waals surface area contributed by atoms with Gasteiger partial charge in [0.15, 0.2) is 5.78 Å². The van der Waals surface area contributed by atoms with E-state index in [1.807, 2.05) is 6.92 Å². The quantitative estimate of drug-likeness (QED) is 0.538. The average molecular weight is 226 g/mol. The van der Waals surface area contributed by atoms with E-state index < -0.39 is 11.4 Å². The van der Waals surface area contributed by atoms with E-state index in [4.69, 9.17) is 4.74 Å². The summed E-state index contributed by atoms with van der Waals surface area (Å²) < 4.78 is 4.72. The van der Waals surface area contributed by atoms with E-state index in [0.29, 0.717) is 12.8 Å². The Balaban J connectivity index is 2.90. The molecule has 0 spiro atoms. The van der Waals surface area contributed by atoms with Crippen LogP contribution in [0.3, 0.4) is 0 Å². The molecule has 1 fully saturated rings. The van der Waals surface area contributed by atoms with Crippen LogP contribution in [0.2, 0.25) is 0 Å². The van der Waals surface area contributed by atoms with Gasteiger partial charge in [0.25, 0.3) is 0 Å². The topological polar surface area (TPSA) is 60.4 Å². The fraction of sp³-hybridized carbons (Fsp3) is 0.750. The van der Waals surface area contributed by atoms with Gasteiger partial charge in [-0.3, -0.25) is 9.59 Å². The molecule has 0 aliphatic heterocycles. The van der Waals surface area contributed by atoms with Gasteiger partial charge in [0.1, 0.15) is 11.2 Å². The third-order valence-corrected chi connectivity index (χ3v) is 3.40. The lowest BCUT2D eigenvalue weighted by Gasteiger charge is -2.24. The third-order valence-electron chi connectivity index (χ3n) is 3.40. The fourth-order valence-electron chi connectivity index (χ4n) is 2.33. The smallest absolute Gasteiger partial charge is 0.319 e. The zero-order valence-corrected chi connectivity index (χ0v) is 10.0. The van der Waals surface area contributed by atoms with E-state index in [-0.39, 0.29) is 30.3 Å². The molecular weight excluding hydrogens is 208 g/mol. The van der Waals surface area contributed by atoms with Crippen LogP contribution in [0.1, 0.15) is 39.5 Å². The Labute approximate surface area is 95.3 Å². The second-order valence-electron chi connectivity index (χ2n) is 4.58. The maximum absolute atomic E-state index is 12.0. The highest BCUT2D eigenvalue weighted by Gasteiger charge is 2.52. The summed E-state index contributed by atoms with van der Waals surface area (Å²) in [7, 11) is 1.29. The van der Waals surface area contributed by atoms with Crippen LogP contribution in [-0.4, -0.2) is 24.6 Å². The van der Waals surface area contributed by atoms with Gasteiger partial charge in [-0.1, -0.05) is 6.92 Å². The van der Waals surface area contributed by atoms with E-state index in [9.17, 15) is 14.4 Å². The molecule has 16 heavy (non-hydrogen) atoms. The Morgan fingerprint density at radius 3 is 2.50 bits per heavy atom.